The van der Waals surface area contributed by atoms with Crippen molar-refractivity contribution < 1.29 is 37.7 Å². The Balaban J connectivity index is 2.79. The Morgan fingerprint density at radius 1 is 1.29 bits per heavy atom. The number of urea groups is 1. The number of hydrogen-bond acceptors (Lipinski definition) is 4. The SMILES string of the molecule is O=C(Nc1ccccc1OC(F)(F)F)N[C@@H](CO)C(=O)O. The number of aliphatic hydroxyl groups is 1. The number of para-hydroxylation sites is 2. The first kappa shape index (κ1) is 16.6. The number of carbonyl (C=O) groups is 2. The van der Waals surface area contributed by atoms with Crippen LogP contribution in [0.15, 0.2) is 24.3 Å². The van der Waals surface area contributed by atoms with E-state index in [1.165, 1.54) is 12.1 Å². The van der Waals surface area contributed by atoms with Gasteiger partial charge in [-0.1, -0.05) is 12.1 Å². The first-order chi connectivity index (χ1) is 9.73. The maximum Gasteiger partial charge on any atom is 0.573 e. The lowest BCUT2D eigenvalue weighted by Crippen LogP contribution is -2.45. The molecule has 0 aromatic heterocycles. The molecule has 0 saturated carbocycles. The van der Waals surface area contributed by atoms with Gasteiger partial charge in [0.2, 0.25) is 0 Å². The van der Waals surface area contributed by atoms with Gasteiger partial charge in [0, 0.05) is 0 Å². The second kappa shape index (κ2) is 6.79. The highest BCUT2D eigenvalue weighted by Crippen LogP contribution is 2.29. The van der Waals surface area contributed by atoms with Crippen LogP contribution >= 0.6 is 0 Å². The molecule has 4 N–H and O–H groups in total. The van der Waals surface area contributed by atoms with Crippen LogP contribution in [0, 0.1) is 0 Å². The van der Waals surface area contributed by atoms with Gasteiger partial charge < -0.3 is 25.6 Å². The molecule has 0 aliphatic carbocycles. The summed E-state index contributed by atoms with van der Waals surface area (Å²) in [5.41, 5.74) is -0.311. The number of halogens is 3. The summed E-state index contributed by atoms with van der Waals surface area (Å²) in [4.78, 5) is 22.1. The van der Waals surface area contributed by atoms with Gasteiger partial charge in [0.05, 0.1) is 12.3 Å². The molecule has 1 rings (SSSR count). The number of amides is 2. The topological polar surface area (TPSA) is 108 Å². The highest BCUT2D eigenvalue weighted by molar-refractivity contribution is 5.93. The first-order valence-corrected chi connectivity index (χ1v) is 5.49. The Kier molecular flexibility index (Phi) is 5.36. The summed E-state index contributed by atoms with van der Waals surface area (Å²) >= 11 is 0. The highest BCUT2D eigenvalue weighted by Gasteiger charge is 2.32. The molecule has 1 atom stereocenters. The molecule has 0 heterocycles. The van der Waals surface area contributed by atoms with Gasteiger partial charge in [0.25, 0.3) is 0 Å². The van der Waals surface area contributed by atoms with E-state index >= 15 is 0 Å². The van der Waals surface area contributed by atoms with Gasteiger partial charge in [-0.15, -0.1) is 13.2 Å². The van der Waals surface area contributed by atoms with E-state index in [1.54, 1.807) is 0 Å². The van der Waals surface area contributed by atoms with E-state index in [1.807, 2.05) is 10.6 Å². The van der Waals surface area contributed by atoms with Crippen LogP contribution in [0.5, 0.6) is 5.75 Å². The van der Waals surface area contributed by atoms with E-state index < -0.39 is 36.8 Å². The molecule has 0 unspecified atom stereocenters. The number of nitrogens with one attached hydrogen (secondary N) is 2. The molecule has 1 aromatic rings. The number of carbonyl (C=O) groups excluding carboxylic acids is 1. The molecule has 0 bridgehead atoms. The maximum atomic E-state index is 12.2. The van der Waals surface area contributed by atoms with Crippen molar-refractivity contribution in [2.75, 3.05) is 11.9 Å². The van der Waals surface area contributed by atoms with Crippen molar-refractivity contribution in [1.82, 2.24) is 5.32 Å². The minimum absolute atomic E-state index is 0.311. The van der Waals surface area contributed by atoms with Gasteiger partial charge in [0.15, 0.2) is 11.8 Å². The van der Waals surface area contributed by atoms with Crippen LogP contribution in [0.4, 0.5) is 23.7 Å². The lowest BCUT2D eigenvalue weighted by Gasteiger charge is -2.16. The quantitative estimate of drug-likeness (QED) is 0.652. The number of carboxylic acid groups (broad SMARTS) is 1. The summed E-state index contributed by atoms with van der Waals surface area (Å²) in [5, 5.41) is 21.2. The number of carboxylic acids is 1. The minimum atomic E-state index is -4.94. The fourth-order valence-electron chi connectivity index (χ4n) is 1.29. The summed E-state index contributed by atoms with van der Waals surface area (Å²) in [6, 6.07) is 2.03. The predicted octanol–water partition coefficient (Wildman–Crippen LogP) is 1.15. The van der Waals surface area contributed by atoms with Crippen molar-refractivity contribution in [2.45, 2.75) is 12.4 Å². The molecular formula is C11H11F3N2O5. The molecule has 21 heavy (non-hydrogen) atoms. The van der Waals surface area contributed by atoms with Crippen molar-refractivity contribution in [1.29, 1.82) is 0 Å². The largest absolute Gasteiger partial charge is 0.573 e. The molecule has 0 aliphatic rings. The van der Waals surface area contributed by atoms with Crippen LogP contribution in [-0.4, -0.2) is 41.2 Å². The molecule has 1 aromatic carbocycles. The molecule has 0 saturated heterocycles. The van der Waals surface area contributed by atoms with Crippen molar-refractivity contribution in [2.24, 2.45) is 0 Å². The summed E-state index contributed by atoms with van der Waals surface area (Å²) in [5.74, 6) is -2.15. The second-order valence-corrected chi connectivity index (χ2v) is 3.72. The number of benzene rings is 1. The fourth-order valence-corrected chi connectivity index (χ4v) is 1.29. The van der Waals surface area contributed by atoms with E-state index in [2.05, 4.69) is 4.74 Å². The molecule has 116 valence electrons. The molecule has 2 amide bonds. The summed E-state index contributed by atoms with van der Waals surface area (Å²) in [6.45, 7) is -0.872. The maximum absolute atomic E-state index is 12.2. The van der Waals surface area contributed by atoms with Crippen LogP contribution in [0.25, 0.3) is 0 Å². The molecule has 0 spiro atoms. The van der Waals surface area contributed by atoms with Crippen molar-refractivity contribution in [3.63, 3.8) is 0 Å². The molecule has 0 aliphatic heterocycles. The summed E-state index contributed by atoms with van der Waals surface area (Å²) < 4.78 is 40.2. The Morgan fingerprint density at radius 2 is 1.90 bits per heavy atom. The number of alkyl halides is 3. The molecule has 0 radical (unpaired) electrons. The van der Waals surface area contributed by atoms with Gasteiger partial charge in [0.1, 0.15) is 0 Å². The van der Waals surface area contributed by atoms with Gasteiger partial charge in [-0.3, -0.25) is 0 Å². The fraction of sp³-hybridized carbons (Fsp3) is 0.273. The zero-order chi connectivity index (χ0) is 16.0. The number of rotatable bonds is 5. The van der Waals surface area contributed by atoms with Crippen molar-refractivity contribution >= 4 is 17.7 Å². The molecular weight excluding hydrogens is 297 g/mol. The smallest absolute Gasteiger partial charge is 0.480 e. The number of aliphatic carboxylic acids is 1. The van der Waals surface area contributed by atoms with E-state index in [9.17, 15) is 22.8 Å². The van der Waals surface area contributed by atoms with Gasteiger partial charge >= 0.3 is 18.4 Å². The van der Waals surface area contributed by atoms with Crippen molar-refractivity contribution in [3.8, 4) is 5.75 Å². The van der Waals surface area contributed by atoms with Gasteiger partial charge in [-0.25, -0.2) is 9.59 Å². The minimum Gasteiger partial charge on any atom is -0.480 e. The third-order valence-corrected chi connectivity index (χ3v) is 2.15. The monoisotopic (exact) mass is 308 g/mol. The van der Waals surface area contributed by atoms with Gasteiger partial charge in [-0.2, -0.15) is 0 Å². The molecule has 7 nitrogen and oxygen atoms in total. The third-order valence-electron chi connectivity index (χ3n) is 2.15. The van der Waals surface area contributed by atoms with Crippen molar-refractivity contribution in [3.05, 3.63) is 24.3 Å². The van der Waals surface area contributed by atoms with Crippen LogP contribution in [-0.2, 0) is 4.79 Å². The number of hydrogen-bond donors (Lipinski definition) is 4. The number of ether oxygens (including phenoxy) is 1. The standard InChI is InChI=1S/C11H11F3N2O5/c12-11(13,14)21-8-4-2-1-3-6(8)15-10(20)16-7(5-17)9(18)19/h1-4,7,17H,5H2,(H,18,19)(H2,15,16,20)/t7-/m0/s1. The lowest BCUT2D eigenvalue weighted by molar-refractivity contribution is -0.274. The van der Waals surface area contributed by atoms with E-state index in [0.29, 0.717) is 0 Å². The average Bonchev–Trinajstić information content (AvgIpc) is 2.36. The second-order valence-electron chi connectivity index (χ2n) is 3.72. The van der Waals surface area contributed by atoms with Crippen LogP contribution < -0.4 is 15.4 Å². The zero-order valence-electron chi connectivity index (χ0n) is 10.3. The average molecular weight is 308 g/mol. The van der Waals surface area contributed by atoms with Crippen LogP contribution in [0.1, 0.15) is 0 Å². The Labute approximate surface area is 116 Å². The first-order valence-electron chi connectivity index (χ1n) is 5.49. The van der Waals surface area contributed by atoms with E-state index in [4.69, 9.17) is 10.2 Å². The zero-order valence-corrected chi connectivity index (χ0v) is 10.3. The van der Waals surface area contributed by atoms with E-state index in [0.717, 1.165) is 12.1 Å². The predicted molar refractivity (Wildman–Crippen MR) is 63.8 cm³/mol. The number of aliphatic hydroxyl groups excluding tert-OH is 1. The molecule has 10 heteroatoms. The van der Waals surface area contributed by atoms with Crippen LogP contribution in [0.3, 0.4) is 0 Å². The summed E-state index contributed by atoms with van der Waals surface area (Å²) in [6.07, 6.45) is -4.94. The third kappa shape index (κ3) is 5.57. The number of anilines is 1. The highest BCUT2D eigenvalue weighted by atomic mass is 19.4. The summed E-state index contributed by atoms with van der Waals surface area (Å²) in [7, 11) is 0. The van der Waals surface area contributed by atoms with Gasteiger partial charge in [-0.05, 0) is 12.1 Å². The Bertz CT molecular complexity index is 521. The normalized spacial score (nSPS) is 12.4. The Morgan fingerprint density at radius 3 is 2.43 bits per heavy atom. The molecule has 0 fully saturated rings. The van der Waals surface area contributed by atoms with Crippen LogP contribution in [0.2, 0.25) is 0 Å². The van der Waals surface area contributed by atoms with E-state index in [-0.39, 0.29) is 5.69 Å². The lowest BCUT2D eigenvalue weighted by atomic mass is 10.3. The Hall–Kier alpha value is -2.49.